The highest BCUT2D eigenvalue weighted by Gasteiger charge is 2.00. The quantitative estimate of drug-likeness (QED) is 0.461. The highest BCUT2D eigenvalue weighted by molar-refractivity contribution is 7.80. The molecule has 0 aliphatic rings. The Morgan fingerprint density at radius 2 is 2.50 bits per heavy atom. The molecule has 0 heterocycles. The van der Waals surface area contributed by atoms with E-state index >= 15 is 0 Å². The Labute approximate surface area is 56.3 Å². The maximum Gasteiger partial charge on any atom is 0.302 e. The summed E-state index contributed by atoms with van der Waals surface area (Å²) in [5.41, 5.74) is 0. The molecule has 0 aliphatic carbocycles. The minimum atomic E-state index is -2.14. The summed E-state index contributed by atoms with van der Waals surface area (Å²) in [5.74, 6) is 0.451. The average molecular weight is 156 g/mol. The van der Waals surface area contributed by atoms with Crippen LogP contribution >= 0.6 is 12.6 Å². The van der Waals surface area contributed by atoms with E-state index in [2.05, 4.69) is 16.8 Å². The Bertz CT molecular complexity index is 84.6. The molecule has 0 aromatic carbocycles. The normalized spacial score (nSPS) is 17.9. The Balaban J connectivity index is 3.24. The second-order valence-corrected chi connectivity index (χ2v) is 2.30. The summed E-state index contributed by atoms with van der Waals surface area (Å²) in [7, 11) is 0. The molecule has 0 fully saturated rings. The van der Waals surface area contributed by atoms with Gasteiger partial charge in [0, 0.05) is 5.75 Å². The van der Waals surface area contributed by atoms with Crippen LogP contribution in [0.1, 0.15) is 6.92 Å². The van der Waals surface area contributed by atoms with Crippen molar-refractivity contribution in [2.24, 2.45) is 0 Å². The molecule has 8 heavy (non-hydrogen) atoms. The van der Waals surface area contributed by atoms with E-state index < -0.39 is 11.4 Å². The van der Waals surface area contributed by atoms with Gasteiger partial charge in [0.2, 0.25) is 0 Å². The van der Waals surface area contributed by atoms with Gasteiger partial charge in [-0.1, -0.05) is 0 Å². The number of hydrogen-bond acceptors (Lipinski definition) is 3. The van der Waals surface area contributed by atoms with Crippen LogP contribution in [0, 0.1) is 0 Å². The molecular weight excluding hydrogens is 148 g/mol. The van der Waals surface area contributed by atoms with Gasteiger partial charge < -0.3 is 0 Å². The Kier molecular flexibility index (Phi) is 4.54. The van der Waals surface area contributed by atoms with Gasteiger partial charge in [-0.05, 0) is 6.92 Å². The van der Waals surface area contributed by atoms with Gasteiger partial charge in [-0.3, -0.25) is 8.74 Å². The first-order chi connectivity index (χ1) is 3.66. The lowest BCUT2D eigenvalue weighted by molar-refractivity contribution is 0.246. The van der Waals surface area contributed by atoms with Crippen LogP contribution in [0.5, 0.6) is 0 Å². The molecule has 0 radical (unpaired) electrons. The summed E-state index contributed by atoms with van der Waals surface area (Å²) in [6.07, 6.45) is -0.260. The molecular formula is C3H8O3S2. The number of rotatable bonds is 3. The average Bonchev–Trinajstić information content (AvgIpc) is 1.65. The van der Waals surface area contributed by atoms with Crippen LogP contribution < -0.4 is 0 Å². The lowest BCUT2D eigenvalue weighted by Gasteiger charge is -2.02. The molecule has 50 valence electrons. The Morgan fingerprint density at radius 1 is 2.00 bits per heavy atom. The van der Waals surface area contributed by atoms with E-state index in [1.165, 1.54) is 0 Å². The van der Waals surface area contributed by atoms with E-state index in [4.69, 9.17) is 4.55 Å². The number of hydrogen-bond donors (Lipinski definition) is 2. The first kappa shape index (κ1) is 8.42. The second kappa shape index (κ2) is 4.31. The topological polar surface area (TPSA) is 46.5 Å². The first-order valence-corrected chi connectivity index (χ1v) is 3.72. The monoisotopic (exact) mass is 156 g/mol. The summed E-state index contributed by atoms with van der Waals surface area (Å²) in [6.45, 7) is 1.67. The minimum Gasteiger partial charge on any atom is -0.284 e. The van der Waals surface area contributed by atoms with Gasteiger partial charge in [0.25, 0.3) is 0 Å². The Morgan fingerprint density at radius 3 is 2.62 bits per heavy atom. The Hall–Kier alpha value is 0.420. The first-order valence-electron chi connectivity index (χ1n) is 2.05. The summed E-state index contributed by atoms with van der Waals surface area (Å²) in [4.78, 5) is 0. The van der Waals surface area contributed by atoms with Gasteiger partial charge in [0.05, 0.1) is 6.10 Å². The molecule has 0 aliphatic heterocycles. The van der Waals surface area contributed by atoms with E-state index in [-0.39, 0.29) is 6.10 Å². The highest BCUT2D eigenvalue weighted by atomic mass is 32.2. The third-order valence-corrected chi connectivity index (χ3v) is 1.51. The number of thiol groups is 1. The molecule has 0 amide bonds. The van der Waals surface area contributed by atoms with E-state index in [1.807, 2.05) is 0 Å². The van der Waals surface area contributed by atoms with Crippen molar-refractivity contribution in [1.82, 2.24) is 0 Å². The maximum absolute atomic E-state index is 9.82. The van der Waals surface area contributed by atoms with Crippen molar-refractivity contribution in [3.8, 4) is 0 Å². The standard InChI is InChI=1S/C3H8O3S2/c1-3(2-7)6-8(4)5/h3,7H,2H2,1H3,(H,4,5). The fraction of sp³-hybridized carbons (Fsp3) is 1.00. The third kappa shape index (κ3) is 4.58. The van der Waals surface area contributed by atoms with Crippen LogP contribution in [0.2, 0.25) is 0 Å². The summed E-state index contributed by atoms with van der Waals surface area (Å²) >= 11 is 1.68. The molecule has 1 N–H and O–H groups in total. The minimum absolute atomic E-state index is 0.260. The molecule has 0 aromatic heterocycles. The van der Waals surface area contributed by atoms with Crippen molar-refractivity contribution in [3.05, 3.63) is 0 Å². The summed E-state index contributed by atoms with van der Waals surface area (Å²) in [5, 5.41) is 0. The van der Waals surface area contributed by atoms with Gasteiger partial charge in [-0.25, -0.2) is 0 Å². The lowest BCUT2D eigenvalue weighted by Crippen LogP contribution is -2.10. The van der Waals surface area contributed by atoms with Crippen molar-refractivity contribution < 1.29 is 12.9 Å². The molecule has 2 unspecified atom stereocenters. The van der Waals surface area contributed by atoms with Crippen molar-refractivity contribution in [2.75, 3.05) is 5.75 Å². The summed E-state index contributed by atoms with van der Waals surface area (Å²) < 4.78 is 22.2. The molecule has 0 spiro atoms. The maximum atomic E-state index is 9.82. The van der Waals surface area contributed by atoms with Crippen LogP contribution in [-0.2, 0) is 15.5 Å². The van der Waals surface area contributed by atoms with E-state index in [0.29, 0.717) is 5.75 Å². The molecule has 0 saturated carbocycles. The summed E-state index contributed by atoms with van der Waals surface area (Å²) in [6, 6.07) is 0. The predicted molar refractivity (Wildman–Crippen MR) is 35.2 cm³/mol. The van der Waals surface area contributed by atoms with E-state index in [1.54, 1.807) is 6.92 Å². The fourth-order valence-corrected chi connectivity index (χ4v) is 0.695. The van der Waals surface area contributed by atoms with Crippen LogP contribution in [0.3, 0.4) is 0 Å². The molecule has 2 atom stereocenters. The SMILES string of the molecule is CC(CS)OS(=O)O. The highest BCUT2D eigenvalue weighted by Crippen LogP contribution is 1.93. The molecule has 3 nitrogen and oxygen atoms in total. The van der Waals surface area contributed by atoms with Crippen LogP contribution in [0.4, 0.5) is 0 Å². The van der Waals surface area contributed by atoms with Gasteiger partial charge in [-0.2, -0.15) is 16.8 Å². The molecule has 0 bridgehead atoms. The molecule has 0 rings (SSSR count). The van der Waals surface area contributed by atoms with E-state index in [9.17, 15) is 4.21 Å². The van der Waals surface area contributed by atoms with Crippen molar-refractivity contribution in [1.29, 1.82) is 0 Å². The molecule has 5 heteroatoms. The van der Waals surface area contributed by atoms with Crippen LogP contribution in [-0.4, -0.2) is 20.6 Å². The zero-order valence-corrected chi connectivity index (χ0v) is 6.11. The van der Waals surface area contributed by atoms with Gasteiger partial charge in [-0.15, -0.1) is 0 Å². The zero-order valence-electron chi connectivity index (χ0n) is 4.40. The van der Waals surface area contributed by atoms with Crippen molar-refractivity contribution in [2.45, 2.75) is 13.0 Å². The van der Waals surface area contributed by atoms with Crippen molar-refractivity contribution in [3.63, 3.8) is 0 Å². The van der Waals surface area contributed by atoms with Crippen molar-refractivity contribution >= 4 is 24.0 Å². The van der Waals surface area contributed by atoms with Crippen LogP contribution in [0.15, 0.2) is 0 Å². The predicted octanol–water partition coefficient (Wildman–Crippen LogP) is 0.458. The lowest BCUT2D eigenvalue weighted by atomic mass is 10.5. The van der Waals surface area contributed by atoms with Gasteiger partial charge in [0.15, 0.2) is 0 Å². The smallest absolute Gasteiger partial charge is 0.284 e. The van der Waals surface area contributed by atoms with Gasteiger partial charge >= 0.3 is 11.4 Å². The zero-order chi connectivity index (χ0) is 6.57. The largest absolute Gasteiger partial charge is 0.302 e. The molecule has 0 aromatic rings. The molecule has 0 saturated heterocycles. The van der Waals surface area contributed by atoms with Gasteiger partial charge in [0.1, 0.15) is 0 Å². The second-order valence-electron chi connectivity index (χ2n) is 1.31. The van der Waals surface area contributed by atoms with E-state index in [0.717, 1.165) is 0 Å². The third-order valence-electron chi connectivity index (χ3n) is 0.504. The fourth-order valence-electron chi connectivity index (χ4n) is 0.171. The van der Waals surface area contributed by atoms with Crippen LogP contribution in [0.25, 0.3) is 0 Å².